The van der Waals surface area contributed by atoms with Crippen molar-refractivity contribution < 1.29 is 22.1 Å². The van der Waals surface area contributed by atoms with Gasteiger partial charge in [-0.25, -0.2) is 22.3 Å². The van der Waals surface area contributed by atoms with Crippen molar-refractivity contribution in [2.24, 2.45) is 5.14 Å². The zero-order chi connectivity index (χ0) is 13.4. The van der Waals surface area contributed by atoms with Gasteiger partial charge in [-0.05, 0) is 16.0 Å². The third-order valence-corrected chi connectivity index (χ3v) is 2.65. The van der Waals surface area contributed by atoms with Crippen LogP contribution in [0.4, 0.5) is 20.3 Å². The topological polar surface area (TPSA) is 142 Å². The third kappa shape index (κ3) is 2.62. The first-order valence-corrected chi connectivity index (χ1v) is 5.45. The van der Waals surface area contributed by atoms with E-state index >= 15 is 0 Å². The summed E-state index contributed by atoms with van der Waals surface area (Å²) in [5.74, 6) is -1.05. The van der Waals surface area contributed by atoms with Crippen molar-refractivity contribution in [1.82, 2.24) is 4.98 Å². The highest BCUT2D eigenvalue weighted by atomic mass is 32.2. The van der Waals surface area contributed by atoms with Crippen LogP contribution in [0, 0.1) is 10.1 Å². The van der Waals surface area contributed by atoms with Crippen molar-refractivity contribution in [1.29, 1.82) is 0 Å². The molecule has 0 fully saturated rings. The van der Waals surface area contributed by atoms with E-state index in [0.29, 0.717) is 6.07 Å². The van der Waals surface area contributed by atoms with Gasteiger partial charge in [0.1, 0.15) is 10.6 Å². The first kappa shape index (κ1) is 13.2. The van der Waals surface area contributed by atoms with Crippen LogP contribution in [0.15, 0.2) is 11.0 Å². The second-order valence-corrected chi connectivity index (χ2v) is 4.42. The molecule has 1 aromatic heterocycles. The smallest absolute Gasteiger partial charge is 0.387 e. The molecule has 1 aromatic rings. The minimum absolute atomic E-state index is 0.488. The maximum atomic E-state index is 12.5. The van der Waals surface area contributed by atoms with Crippen LogP contribution in [-0.2, 0) is 10.0 Å². The molecule has 0 aliphatic heterocycles. The van der Waals surface area contributed by atoms with Crippen molar-refractivity contribution in [3.63, 3.8) is 0 Å². The van der Waals surface area contributed by atoms with Crippen LogP contribution in [0.3, 0.4) is 0 Å². The maximum Gasteiger partial charge on any atom is 0.387 e. The predicted molar refractivity (Wildman–Crippen MR) is 51.6 cm³/mol. The number of hydrogen-bond donors (Lipinski definition) is 2. The number of anilines is 1. The highest BCUT2D eigenvalue weighted by molar-refractivity contribution is 7.89. The van der Waals surface area contributed by atoms with Gasteiger partial charge in [-0.3, -0.25) is 0 Å². The summed E-state index contributed by atoms with van der Waals surface area (Å²) in [4.78, 5) is 11.2. The van der Waals surface area contributed by atoms with E-state index in [1.165, 1.54) is 0 Å². The van der Waals surface area contributed by atoms with Crippen molar-refractivity contribution in [3.8, 4) is 0 Å². The molecule has 0 amide bonds. The standard InChI is InChI=1S/C6H6F2N4O4S/c7-5(8)4-3(17(10,15)16)1-2(9)6(11-4)12(13)14/h1,5H,9H2,(H2,10,15,16). The van der Waals surface area contributed by atoms with E-state index in [4.69, 9.17) is 5.73 Å². The first-order valence-electron chi connectivity index (χ1n) is 3.90. The molecule has 0 saturated heterocycles. The highest BCUT2D eigenvalue weighted by Crippen LogP contribution is 2.30. The summed E-state index contributed by atoms with van der Waals surface area (Å²) in [6.45, 7) is 0. The summed E-state index contributed by atoms with van der Waals surface area (Å²) in [5, 5.41) is 15.1. The van der Waals surface area contributed by atoms with Crippen LogP contribution in [0.1, 0.15) is 12.1 Å². The third-order valence-electron chi connectivity index (χ3n) is 1.71. The summed E-state index contributed by atoms with van der Waals surface area (Å²) < 4.78 is 46.9. The number of halogens is 2. The Bertz CT molecular complexity index is 574. The second-order valence-electron chi connectivity index (χ2n) is 2.89. The lowest BCUT2D eigenvalue weighted by Crippen LogP contribution is -2.17. The second kappa shape index (κ2) is 4.18. The van der Waals surface area contributed by atoms with Crippen LogP contribution < -0.4 is 10.9 Å². The zero-order valence-electron chi connectivity index (χ0n) is 8.00. The Kier molecular flexibility index (Phi) is 3.24. The Morgan fingerprint density at radius 2 is 2.00 bits per heavy atom. The Labute approximate surface area is 93.4 Å². The summed E-state index contributed by atoms with van der Waals surface area (Å²) in [6.07, 6.45) is -3.33. The highest BCUT2D eigenvalue weighted by Gasteiger charge is 2.31. The zero-order valence-corrected chi connectivity index (χ0v) is 8.82. The lowest BCUT2D eigenvalue weighted by molar-refractivity contribution is -0.388. The van der Waals surface area contributed by atoms with Gasteiger partial charge in [0.25, 0.3) is 0 Å². The van der Waals surface area contributed by atoms with Crippen LogP contribution >= 0.6 is 0 Å². The lowest BCUT2D eigenvalue weighted by atomic mass is 10.3. The van der Waals surface area contributed by atoms with Gasteiger partial charge in [0.2, 0.25) is 15.7 Å². The average molecular weight is 268 g/mol. The Balaban J connectivity index is 3.64. The van der Waals surface area contributed by atoms with Crippen molar-refractivity contribution in [2.45, 2.75) is 11.3 Å². The molecular weight excluding hydrogens is 262 g/mol. The molecule has 94 valence electrons. The normalized spacial score (nSPS) is 11.8. The molecule has 0 unspecified atom stereocenters. The first-order chi connectivity index (χ1) is 7.64. The molecule has 0 bridgehead atoms. The SMILES string of the molecule is Nc1cc(S(N)(=O)=O)c(C(F)F)nc1[N+](=O)[O-]. The maximum absolute atomic E-state index is 12.5. The van der Waals surface area contributed by atoms with Crippen LogP contribution in [0.2, 0.25) is 0 Å². The van der Waals surface area contributed by atoms with Gasteiger partial charge < -0.3 is 15.8 Å². The van der Waals surface area contributed by atoms with Crippen LogP contribution in [0.5, 0.6) is 0 Å². The van der Waals surface area contributed by atoms with Gasteiger partial charge in [-0.2, -0.15) is 0 Å². The molecule has 0 atom stereocenters. The fourth-order valence-corrected chi connectivity index (χ4v) is 1.76. The summed E-state index contributed by atoms with van der Waals surface area (Å²) >= 11 is 0. The van der Waals surface area contributed by atoms with E-state index < -0.39 is 43.5 Å². The van der Waals surface area contributed by atoms with Crippen LogP contribution in [-0.4, -0.2) is 18.3 Å². The number of pyridine rings is 1. The quantitative estimate of drug-likeness (QED) is 0.590. The minimum atomic E-state index is -4.49. The molecule has 4 N–H and O–H groups in total. The van der Waals surface area contributed by atoms with Gasteiger partial charge in [0.15, 0.2) is 0 Å². The van der Waals surface area contributed by atoms with E-state index in [0.717, 1.165) is 0 Å². The van der Waals surface area contributed by atoms with E-state index in [9.17, 15) is 27.3 Å². The molecule has 17 heavy (non-hydrogen) atoms. The number of nitrogens with two attached hydrogens (primary N) is 2. The van der Waals surface area contributed by atoms with E-state index in [1.807, 2.05) is 0 Å². The molecule has 0 radical (unpaired) electrons. The fraction of sp³-hybridized carbons (Fsp3) is 0.167. The Morgan fingerprint density at radius 3 is 2.35 bits per heavy atom. The molecule has 0 spiro atoms. The van der Waals surface area contributed by atoms with E-state index in [1.54, 1.807) is 0 Å². The number of nitrogen functional groups attached to an aromatic ring is 1. The number of nitro groups is 1. The van der Waals surface area contributed by atoms with Crippen molar-refractivity contribution >= 4 is 21.5 Å². The average Bonchev–Trinajstić information content (AvgIpc) is 2.14. The van der Waals surface area contributed by atoms with Crippen molar-refractivity contribution in [2.75, 3.05) is 5.73 Å². The number of primary sulfonamides is 1. The fourth-order valence-electron chi connectivity index (χ4n) is 1.04. The molecule has 11 heteroatoms. The number of nitrogens with zero attached hydrogens (tertiary/aromatic N) is 2. The summed E-state index contributed by atoms with van der Waals surface area (Å²) in [5.41, 5.74) is 3.16. The van der Waals surface area contributed by atoms with Gasteiger partial charge in [0, 0.05) is 0 Å². The number of alkyl halides is 2. The molecule has 1 heterocycles. The Morgan fingerprint density at radius 1 is 1.47 bits per heavy atom. The minimum Gasteiger partial charge on any atom is -0.392 e. The van der Waals surface area contributed by atoms with Crippen LogP contribution in [0.25, 0.3) is 0 Å². The molecular formula is C6H6F2N4O4S. The van der Waals surface area contributed by atoms with E-state index in [-0.39, 0.29) is 0 Å². The lowest BCUT2D eigenvalue weighted by Gasteiger charge is -2.04. The summed E-state index contributed by atoms with van der Waals surface area (Å²) in [7, 11) is -4.49. The molecule has 8 nitrogen and oxygen atoms in total. The van der Waals surface area contributed by atoms with E-state index in [2.05, 4.69) is 10.1 Å². The van der Waals surface area contributed by atoms with Gasteiger partial charge in [-0.15, -0.1) is 0 Å². The van der Waals surface area contributed by atoms with Crippen molar-refractivity contribution in [3.05, 3.63) is 21.9 Å². The largest absolute Gasteiger partial charge is 0.392 e. The predicted octanol–water partition coefficient (Wildman–Crippen LogP) is 0.157. The summed E-state index contributed by atoms with van der Waals surface area (Å²) in [6, 6.07) is 0.488. The van der Waals surface area contributed by atoms with Gasteiger partial charge in [-0.1, -0.05) is 0 Å². The molecule has 0 saturated carbocycles. The molecule has 0 aliphatic rings. The number of hydrogen-bond acceptors (Lipinski definition) is 6. The Hall–Kier alpha value is -1.88. The van der Waals surface area contributed by atoms with Gasteiger partial charge in [0.05, 0.1) is 0 Å². The number of aromatic nitrogens is 1. The molecule has 0 aliphatic carbocycles. The number of rotatable bonds is 3. The number of sulfonamides is 1. The molecule has 0 aromatic carbocycles. The van der Waals surface area contributed by atoms with Gasteiger partial charge >= 0.3 is 12.2 Å². The molecule has 1 rings (SSSR count). The monoisotopic (exact) mass is 268 g/mol.